The highest BCUT2D eigenvalue weighted by Crippen LogP contribution is 2.40. The monoisotopic (exact) mass is 646 g/mol. The number of aliphatic hydroxyl groups is 1. The summed E-state index contributed by atoms with van der Waals surface area (Å²) in [5.41, 5.74) is -1.13. The van der Waals surface area contributed by atoms with Crippen molar-refractivity contribution >= 4 is 17.9 Å². The molecule has 0 unspecified atom stereocenters. The minimum Gasteiger partial charge on any atom is -0.493 e. The first-order valence-electron chi connectivity index (χ1n) is 14.6. The molecule has 13 heteroatoms. The summed E-state index contributed by atoms with van der Waals surface area (Å²) in [6, 6.07) is 14.5. The zero-order chi connectivity index (χ0) is 35.1. The minimum atomic E-state index is -2.74. The van der Waals surface area contributed by atoms with Crippen LogP contribution in [0.4, 0.5) is 0 Å². The molecule has 0 radical (unpaired) electrons. The van der Waals surface area contributed by atoms with Crippen molar-refractivity contribution in [3.63, 3.8) is 0 Å². The van der Waals surface area contributed by atoms with Gasteiger partial charge in [-0.2, -0.15) is 5.26 Å². The number of nitriles is 1. The maximum atomic E-state index is 10.3. The Labute approximate surface area is 269 Å². The van der Waals surface area contributed by atoms with Gasteiger partial charge in [-0.25, -0.2) is 4.79 Å². The fourth-order valence-electron chi connectivity index (χ4n) is 4.94. The van der Waals surface area contributed by atoms with E-state index in [4.69, 9.17) is 39.4 Å². The molecule has 2 aromatic carbocycles. The first-order valence-corrected chi connectivity index (χ1v) is 14.6. The molecule has 0 aliphatic carbocycles. The highest BCUT2D eigenvalue weighted by Gasteiger charge is 2.41. The zero-order valence-corrected chi connectivity index (χ0v) is 27.5. The van der Waals surface area contributed by atoms with Gasteiger partial charge in [0, 0.05) is 6.54 Å². The molecule has 2 rings (SSSR count). The van der Waals surface area contributed by atoms with E-state index in [0.717, 1.165) is 49.4 Å². The van der Waals surface area contributed by atoms with Crippen molar-refractivity contribution in [3.05, 3.63) is 47.5 Å². The molecule has 0 saturated carbocycles. The second kappa shape index (κ2) is 18.4. The molecule has 0 fully saturated rings. The highest BCUT2D eigenvalue weighted by molar-refractivity contribution is 5.88. The topological polar surface area (TPSA) is 196 Å². The third kappa shape index (κ3) is 11.1. The predicted molar refractivity (Wildman–Crippen MR) is 169 cm³/mol. The maximum Gasteiger partial charge on any atom is 0.336 e. The van der Waals surface area contributed by atoms with Crippen molar-refractivity contribution in [2.75, 3.05) is 48.6 Å². The summed E-state index contributed by atoms with van der Waals surface area (Å²) in [5.74, 6) is -2.03. The van der Waals surface area contributed by atoms with E-state index in [-0.39, 0.29) is 5.92 Å². The van der Waals surface area contributed by atoms with Crippen LogP contribution in [0.3, 0.4) is 0 Å². The zero-order valence-electron chi connectivity index (χ0n) is 27.5. The van der Waals surface area contributed by atoms with Gasteiger partial charge in [-0.1, -0.05) is 26.0 Å². The van der Waals surface area contributed by atoms with E-state index in [0.29, 0.717) is 11.5 Å². The van der Waals surface area contributed by atoms with E-state index >= 15 is 0 Å². The van der Waals surface area contributed by atoms with Gasteiger partial charge in [-0.15, -0.1) is 0 Å². The third-order valence-electron chi connectivity index (χ3n) is 7.71. The number of rotatable bonds is 18. The van der Waals surface area contributed by atoms with Crippen molar-refractivity contribution in [1.82, 2.24) is 4.90 Å². The van der Waals surface area contributed by atoms with E-state index in [1.54, 1.807) is 28.4 Å². The molecule has 0 heterocycles. The van der Waals surface area contributed by atoms with Gasteiger partial charge in [0.1, 0.15) is 0 Å². The van der Waals surface area contributed by atoms with Gasteiger partial charge >= 0.3 is 17.9 Å². The van der Waals surface area contributed by atoms with Crippen LogP contribution in [0.5, 0.6) is 23.0 Å². The lowest BCUT2D eigenvalue weighted by Gasteiger charge is -2.32. The van der Waals surface area contributed by atoms with Crippen molar-refractivity contribution in [1.29, 1.82) is 5.26 Å². The Balaban J connectivity index is 0.000000685. The molecule has 0 aromatic heterocycles. The number of carbonyl (C=O) groups is 3. The summed E-state index contributed by atoms with van der Waals surface area (Å²) in [5, 5.41) is 44.1. The van der Waals surface area contributed by atoms with E-state index in [1.165, 1.54) is 5.56 Å². The lowest BCUT2D eigenvalue weighted by Crippen LogP contribution is -2.42. The average molecular weight is 647 g/mol. The van der Waals surface area contributed by atoms with E-state index < -0.39 is 41.8 Å². The van der Waals surface area contributed by atoms with Gasteiger partial charge < -0.3 is 44.3 Å². The van der Waals surface area contributed by atoms with Crippen LogP contribution >= 0.6 is 0 Å². The molecule has 13 nitrogen and oxygen atoms in total. The number of ether oxygens (including phenoxy) is 4. The molecule has 254 valence electrons. The average Bonchev–Trinajstić information content (AvgIpc) is 3.00. The number of hydrogen-bond acceptors (Lipinski definition) is 10. The predicted octanol–water partition coefficient (Wildman–Crippen LogP) is 3.84. The fourth-order valence-corrected chi connectivity index (χ4v) is 4.94. The molecule has 2 aromatic rings. The molecular weight excluding hydrogens is 600 g/mol. The largest absolute Gasteiger partial charge is 0.493 e. The summed E-state index contributed by atoms with van der Waals surface area (Å²) in [7, 11) is 8.67. The van der Waals surface area contributed by atoms with Crippen molar-refractivity contribution in [2.24, 2.45) is 5.92 Å². The molecule has 0 saturated heterocycles. The van der Waals surface area contributed by atoms with Crippen LogP contribution < -0.4 is 18.9 Å². The highest BCUT2D eigenvalue weighted by atomic mass is 16.5. The number of benzene rings is 2. The van der Waals surface area contributed by atoms with Crippen LogP contribution in [-0.4, -0.2) is 97.4 Å². The second-order valence-electron chi connectivity index (χ2n) is 11.1. The minimum absolute atomic E-state index is 0.165. The molecule has 1 atom stereocenters. The first kappa shape index (κ1) is 39.5. The Bertz CT molecular complexity index is 1340. The summed E-state index contributed by atoms with van der Waals surface area (Å²) in [6.45, 7) is 6.06. The van der Waals surface area contributed by atoms with Gasteiger partial charge in [-0.3, -0.25) is 9.59 Å². The quantitative estimate of drug-likeness (QED) is 0.182. The molecule has 0 aliphatic heterocycles. The van der Waals surface area contributed by atoms with Crippen LogP contribution in [0, 0.1) is 17.2 Å². The Kier molecular flexibility index (Phi) is 15.8. The number of aliphatic carboxylic acids is 3. The van der Waals surface area contributed by atoms with Crippen LogP contribution in [0.1, 0.15) is 50.7 Å². The number of carboxylic acid groups (broad SMARTS) is 3. The Hall–Kier alpha value is -4.54. The molecular formula is C33H46N2O11. The number of nitrogens with zero attached hydrogens (tertiary/aromatic N) is 2. The van der Waals surface area contributed by atoms with Crippen LogP contribution in [0.15, 0.2) is 36.4 Å². The second-order valence-corrected chi connectivity index (χ2v) is 11.1. The number of likely N-dealkylation sites (N-methyl/N-ethyl adjacent to an activating group) is 1. The summed E-state index contributed by atoms with van der Waals surface area (Å²) >= 11 is 0. The van der Waals surface area contributed by atoms with E-state index in [2.05, 4.69) is 37.9 Å². The Morgan fingerprint density at radius 3 is 1.76 bits per heavy atom. The molecule has 4 N–H and O–H groups in total. The van der Waals surface area contributed by atoms with Gasteiger partial charge in [0.25, 0.3) is 0 Å². The maximum absolute atomic E-state index is 10.3. The number of hydrogen-bond donors (Lipinski definition) is 4. The van der Waals surface area contributed by atoms with Crippen LogP contribution in [0.2, 0.25) is 0 Å². The summed E-state index contributed by atoms with van der Waals surface area (Å²) in [6.07, 6.45) is 0.323. The summed E-state index contributed by atoms with van der Waals surface area (Å²) < 4.78 is 21.6. The van der Waals surface area contributed by atoms with Gasteiger partial charge in [-0.05, 0) is 74.2 Å². The van der Waals surface area contributed by atoms with E-state index in [1.807, 2.05) is 30.3 Å². The molecule has 0 aliphatic rings. The summed E-state index contributed by atoms with van der Waals surface area (Å²) in [4.78, 5) is 32.8. The van der Waals surface area contributed by atoms with Gasteiger partial charge in [0.15, 0.2) is 28.6 Å². The SMILES string of the molecule is COc1ccc(CCN(C)CCC[C@](C#N)(c2ccc(OC)c(OC)c2)C(C)C)cc1OC.O=C(O)CC(O)(CC(=O)O)C(=O)O. The van der Waals surface area contributed by atoms with Crippen LogP contribution in [-0.2, 0) is 26.2 Å². The molecule has 0 spiro atoms. The van der Waals surface area contributed by atoms with Crippen LogP contribution in [0.25, 0.3) is 0 Å². The molecule has 46 heavy (non-hydrogen) atoms. The Morgan fingerprint density at radius 2 is 1.33 bits per heavy atom. The molecule has 0 bridgehead atoms. The normalized spacial score (nSPS) is 12.3. The first-order chi connectivity index (χ1) is 21.6. The van der Waals surface area contributed by atoms with Gasteiger partial charge in [0.05, 0.1) is 52.8 Å². The number of methoxy groups -OCH3 is 4. The fraction of sp³-hybridized carbons (Fsp3) is 0.515. The third-order valence-corrected chi connectivity index (χ3v) is 7.71. The molecule has 0 amide bonds. The smallest absolute Gasteiger partial charge is 0.336 e. The lowest BCUT2D eigenvalue weighted by molar-refractivity contribution is -0.170. The lowest BCUT2D eigenvalue weighted by atomic mass is 9.69. The van der Waals surface area contributed by atoms with Gasteiger partial charge in [0.2, 0.25) is 0 Å². The van der Waals surface area contributed by atoms with Crippen molar-refractivity contribution in [2.45, 2.75) is 57.0 Å². The standard InChI is InChI=1S/C27H38N2O4.C6H8O7/c1-20(2)27(19-28,22-10-12-24(31-5)26(18-22)33-7)14-8-15-29(3)16-13-21-9-11-23(30-4)25(17-21)32-6;7-3(8)1-6(13,5(11)12)2-4(9)10/h9-12,17-18,20H,8,13-16H2,1-7H3;13H,1-2H2,(H,7,8)(H,9,10)(H,11,12)/t27-;/m1./s1. The number of carboxylic acids is 3. The Morgan fingerprint density at radius 1 is 0.826 bits per heavy atom. The van der Waals surface area contributed by atoms with Crippen molar-refractivity contribution < 1.29 is 53.8 Å². The van der Waals surface area contributed by atoms with E-state index in [9.17, 15) is 19.6 Å². The van der Waals surface area contributed by atoms with Crippen molar-refractivity contribution in [3.8, 4) is 29.1 Å².